The molecule has 0 bridgehead atoms. The second kappa shape index (κ2) is 13.2. The number of aliphatic hydroxyl groups excluding tert-OH is 1. The summed E-state index contributed by atoms with van der Waals surface area (Å²) in [6.07, 6.45) is 2.20. The highest BCUT2D eigenvalue weighted by molar-refractivity contribution is 5.91. The van der Waals surface area contributed by atoms with Crippen LogP contribution in [0.3, 0.4) is 0 Å². The van der Waals surface area contributed by atoms with Crippen LogP contribution in [0.4, 0.5) is 10.5 Å². The Balaban J connectivity index is 1.78. The summed E-state index contributed by atoms with van der Waals surface area (Å²) in [4.78, 5) is 29.3. The molecule has 0 saturated carbocycles. The number of aliphatic hydroxyl groups is 1. The van der Waals surface area contributed by atoms with Crippen molar-refractivity contribution in [1.29, 1.82) is 0 Å². The Labute approximate surface area is 217 Å². The van der Waals surface area contributed by atoms with Crippen molar-refractivity contribution in [2.24, 2.45) is 5.92 Å². The Bertz CT molecular complexity index is 1050. The van der Waals surface area contributed by atoms with E-state index in [0.717, 1.165) is 5.69 Å². The summed E-state index contributed by atoms with van der Waals surface area (Å²) < 4.78 is 18.6. The number of anilines is 1. The maximum atomic E-state index is 13.1. The molecule has 1 aromatic heterocycles. The molecule has 0 saturated heterocycles. The van der Waals surface area contributed by atoms with Gasteiger partial charge in [0.25, 0.3) is 0 Å². The third-order valence-electron chi connectivity index (χ3n) is 6.59. The predicted octanol–water partition coefficient (Wildman–Crippen LogP) is 1.98. The average molecular weight is 519 g/mol. The molecule has 0 radical (unpaired) electrons. The second-order valence-corrected chi connectivity index (χ2v) is 9.33. The number of nitrogens with zero attached hydrogens (tertiary/aromatic N) is 5. The van der Waals surface area contributed by atoms with E-state index in [1.807, 2.05) is 13.8 Å². The van der Waals surface area contributed by atoms with E-state index in [-0.39, 0.29) is 43.7 Å². The Kier molecular flexibility index (Phi) is 10.1. The maximum Gasteiger partial charge on any atom is 0.321 e. The fourth-order valence-corrected chi connectivity index (χ4v) is 4.21. The first kappa shape index (κ1) is 28.2. The van der Waals surface area contributed by atoms with Crippen molar-refractivity contribution >= 4 is 17.6 Å². The molecular formula is C25H38N6O6. The number of hydrogen-bond acceptors (Lipinski definition) is 8. The molecule has 1 aliphatic heterocycles. The largest absolute Gasteiger partial charge is 0.497 e. The molecule has 2 N–H and O–H groups in total. The highest BCUT2D eigenvalue weighted by atomic mass is 16.5. The highest BCUT2D eigenvalue weighted by Gasteiger charge is 2.29. The van der Waals surface area contributed by atoms with Crippen LogP contribution in [0.15, 0.2) is 24.4 Å². The van der Waals surface area contributed by atoms with Gasteiger partial charge in [0.1, 0.15) is 11.5 Å². The van der Waals surface area contributed by atoms with Gasteiger partial charge in [0.2, 0.25) is 5.91 Å². The fourth-order valence-electron chi connectivity index (χ4n) is 4.21. The van der Waals surface area contributed by atoms with Crippen LogP contribution in [0, 0.1) is 5.92 Å². The molecule has 2 heterocycles. The lowest BCUT2D eigenvalue weighted by Crippen LogP contribution is -2.48. The lowest BCUT2D eigenvalue weighted by Gasteiger charge is -2.35. The van der Waals surface area contributed by atoms with Crippen LogP contribution in [-0.2, 0) is 22.7 Å². The molecule has 0 aliphatic carbocycles. The van der Waals surface area contributed by atoms with Gasteiger partial charge in [-0.2, -0.15) is 0 Å². The van der Waals surface area contributed by atoms with Gasteiger partial charge in [-0.15, -0.1) is 5.10 Å². The molecule has 1 aliphatic rings. The second-order valence-electron chi connectivity index (χ2n) is 9.33. The predicted molar refractivity (Wildman–Crippen MR) is 136 cm³/mol. The van der Waals surface area contributed by atoms with Crippen molar-refractivity contribution in [1.82, 2.24) is 24.8 Å². The SMILES string of the molecule is COc1ccc(NC(=O)N(C)C[C@H]2OCc3cnnn3CCCC(=O)N([C@H](C)CO)C[C@H]2C)c(OC)c1. The van der Waals surface area contributed by atoms with Gasteiger partial charge in [0.15, 0.2) is 0 Å². The van der Waals surface area contributed by atoms with E-state index < -0.39 is 6.10 Å². The number of hydrogen-bond donors (Lipinski definition) is 2. The first-order valence-corrected chi connectivity index (χ1v) is 12.4. The molecule has 3 amide bonds. The number of aryl methyl sites for hydroxylation is 1. The average Bonchev–Trinajstić information content (AvgIpc) is 3.35. The summed E-state index contributed by atoms with van der Waals surface area (Å²) in [6, 6.07) is 4.48. The molecule has 12 nitrogen and oxygen atoms in total. The molecule has 3 rings (SSSR count). The third-order valence-corrected chi connectivity index (χ3v) is 6.59. The lowest BCUT2D eigenvalue weighted by molar-refractivity contribution is -0.136. The lowest BCUT2D eigenvalue weighted by atomic mass is 10.0. The van der Waals surface area contributed by atoms with E-state index in [1.54, 1.807) is 48.1 Å². The summed E-state index contributed by atoms with van der Waals surface area (Å²) in [5, 5.41) is 20.7. The molecule has 1 aromatic carbocycles. The number of aromatic nitrogens is 3. The van der Waals surface area contributed by atoms with Crippen molar-refractivity contribution in [2.45, 2.75) is 52.0 Å². The van der Waals surface area contributed by atoms with Gasteiger partial charge in [-0.1, -0.05) is 12.1 Å². The monoisotopic (exact) mass is 518 g/mol. The zero-order valence-electron chi connectivity index (χ0n) is 22.2. The Morgan fingerprint density at radius 1 is 1.35 bits per heavy atom. The normalized spacial score (nSPS) is 19.7. The number of ether oxygens (including phenoxy) is 3. The number of fused-ring (bicyclic) bond motifs is 1. The number of likely N-dealkylation sites (N-methyl/N-ethyl adjacent to an activating group) is 1. The van der Waals surface area contributed by atoms with E-state index in [9.17, 15) is 14.7 Å². The van der Waals surface area contributed by atoms with Crippen LogP contribution in [-0.4, -0.2) is 94.9 Å². The van der Waals surface area contributed by atoms with Gasteiger partial charge in [-0.3, -0.25) is 4.79 Å². The summed E-state index contributed by atoms with van der Waals surface area (Å²) >= 11 is 0. The maximum absolute atomic E-state index is 13.1. The number of amides is 3. The zero-order valence-corrected chi connectivity index (χ0v) is 22.2. The van der Waals surface area contributed by atoms with Crippen molar-refractivity contribution in [3.63, 3.8) is 0 Å². The van der Waals surface area contributed by atoms with Crippen LogP contribution >= 0.6 is 0 Å². The van der Waals surface area contributed by atoms with E-state index in [2.05, 4.69) is 15.6 Å². The fraction of sp³-hybridized carbons (Fsp3) is 0.600. The first-order chi connectivity index (χ1) is 17.8. The number of carbonyl (C=O) groups excluding carboxylic acids is 2. The van der Waals surface area contributed by atoms with Crippen LogP contribution in [0.25, 0.3) is 0 Å². The molecule has 12 heteroatoms. The van der Waals surface area contributed by atoms with Crippen LogP contribution < -0.4 is 14.8 Å². The number of carbonyl (C=O) groups is 2. The molecule has 2 aromatic rings. The summed E-state index contributed by atoms with van der Waals surface area (Å²) in [6.45, 7) is 5.14. The number of nitrogens with one attached hydrogen (secondary N) is 1. The summed E-state index contributed by atoms with van der Waals surface area (Å²) in [5.41, 5.74) is 1.32. The van der Waals surface area contributed by atoms with Gasteiger partial charge in [-0.25, -0.2) is 9.48 Å². The van der Waals surface area contributed by atoms with Gasteiger partial charge in [0.05, 0.1) is 57.2 Å². The molecule has 0 fully saturated rings. The number of benzene rings is 1. The highest BCUT2D eigenvalue weighted by Crippen LogP contribution is 2.29. The number of methoxy groups -OCH3 is 2. The Hall–Kier alpha value is -3.38. The summed E-state index contributed by atoms with van der Waals surface area (Å²) in [5.74, 6) is 0.924. The standard InChI is InChI=1S/C25H38N6O6/c1-17-13-30(18(2)15-32)24(33)7-6-10-31-19(12-26-28-31)16-37-23(17)14-29(3)25(34)27-21-9-8-20(35-4)11-22(21)36-5/h8-9,11-12,17-18,23,32H,6-7,10,13-16H2,1-5H3,(H,27,34)/t17-,18-,23-/m1/s1. The van der Waals surface area contributed by atoms with Gasteiger partial charge in [0, 0.05) is 45.1 Å². The third kappa shape index (κ3) is 7.32. The van der Waals surface area contributed by atoms with Gasteiger partial charge >= 0.3 is 6.03 Å². The molecule has 3 atom stereocenters. The minimum Gasteiger partial charge on any atom is -0.497 e. The zero-order chi connectivity index (χ0) is 26.9. The summed E-state index contributed by atoms with van der Waals surface area (Å²) in [7, 11) is 4.76. The molecule has 0 spiro atoms. The molecule has 204 valence electrons. The first-order valence-electron chi connectivity index (χ1n) is 12.4. The van der Waals surface area contributed by atoms with Crippen molar-refractivity contribution in [3.05, 3.63) is 30.1 Å². The van der Waals surface area contributed by atoms with Crippen LogP contribution in [0.5, 0.6) is 11.5 Å². The molecule has 0 unspecified atom stereocenters. The van der Waals surface area contributed by atoms with E-state index in [4.69, 9.17) is 14.2 Å². The number of rotatable bonds is 7. The topological polar surface area (TPSA) is 131 Å². The van der Waals surface area contributed by atoms with Crippen LogP contribution in [0.1, 0.15) is 32.4 Å². The Morgan fingerprint density at radius 2 is 2.14 bits per heavy atom. The minimum atomic E-state index is -0.405. The number of urea groups is 1. The van der Waals surface area contributed by atoms with Crippen molar-refractivity contribution in [2.75, 3.05) is 46.3 Å². The molecular weight excluding hydrogens is 480 g/mol. The van der Waals surface area contributed by atoms with Crippen molar-refractivity contribution in [3.8, 4) is 11.5 Å². The van der Waals surface area contributed by atoms with E-state index >= 15 is 0 Å². The molecule has 37 heavy (non-hydrogen) atoms. The van der Waals surface area contributed by atoms with Crippen molar-refractivity contribution < 1.29 is 28.9 Å². The van der Waals surface area contributed by atoms with Gasteiger partial charge < -0.3 is 34.4 Å². The van der Waals surface area contributed by atoms with E-state index in [1.165, 1.54) is 12.0 Å². The smallest absolute Gasteiger partial charge is 0.321 e. The Morgan fingerprint density at radius 3 is 2.84 bits per heavy atom. The van der Waals surface area contributed by atoms with Crippen LogP contribution in [0.2, 0.25) is 0 Å². The van der Waals surface area contributed by atoms with Gasteiger partial charge in [-0.05, 0) is 25.5 Å². The quantitative estimate of drug-likeness (QED) is 0.569. The minimum absolute atomic E-state index is 0.0351. The van der Waals surface area contributed by atoms with E-state index in [0.29, 0.717) is 43.1 Å².